The fraction of sp³-hybridized carbons (Fsp3) is 0.227. The third-order valence-corrected chi connectivity index (χ3v) is 4.78. The van der Waals surface area contributed by atoms with Gasteiger partial charge in [0.25, 0.3) is 11.6 Å². The van der Waals surface area contributed by atoms with Gasteiger partial charge >= 0.3 is 6.61 Å². The molecule has 4 rings (SSSR count). The van der Waals surface area contributed by atoms with Crippen molar-refractivity contribution in [2.24, 2.45) is 0 Å². The molecule has 1 N–H and O–H groups in total. The van der Waals surface area contributed by atoms with Crippen molar-refractivity contribution in [3.8, 4) is 17.0 Å². The van der Waals surface area contributed by atoms with Crippen molar-refractivity contribution in [2.75, 3.05) is 0 Å². The van der Waals surface area contributed by atoms with E-state index in [0.29, 0.717) is 28.1 Å². The van der Waals surface area contributed by atoms with E-state index in [4.69, 9.17) is 8.94 Å². The second kappa shape index (κ2) is 8.17. The predicted octanol–water partition coefficient (Wildman–Crippen LogP) is 4.94. The Morgan fingerprint density at radius 1 is 1.16 bits per heavy atom. The van der Waals surface area contributed by atoms with Gasteiger partial charge in [0.05, 0.1) is 22.3 Å². The summed E-state index contributed by atoms with van der Waals surface area (Å²) in [5.74, 6) is 1.12. The molecule has 0 bridgehead atoms. The van der Waals surface area contributed by atoms with Gasteiger partial charge in [-0.3, -0.25) is 4.79 Å². The van der Waals surface area contributed by atoms with Crippen LogP contribution in [0.5, 0.6) is 5.75 Å². The zero-order chi connectivity index (χ0) is 22.1. The number of halogens is 2. The highest BCUT2D eigenvalue weighted by atomic mass is 19.3. The van der Waals surface area contributed by atoms with Crippen molar-refractivity contribution in [1.82, 2.24) is 15.5 Å². The number of hydrogen-bond donors (Lipinski definition) is 1. The Morgan fingerprint density at radius 3 is 2.55 bits per heavy atom. The summed E-state index contributed by atoms with van der Waals surface area (Å²) in [5, 5.41) is 7.30. The summed E-state index contributed by atoms with van der Waals surface area (Å²) in [6.45, 7) is 2.70. The van der Waals surface area contributed by atoms with Gasteiger partial charge in [0, 0.05) is 12.1 Å². The molecule has 3 aromatic heterocycles. The van der Waals surface area contributed by atoms with Crippen LogP contribution in [0.3, 0.4) is 0 Å². The number of nitrogens with zero attached hydrogens (tertiary/aromatic N) is 2. The lowest BCUT2D eigenvalue weighted by molar-refractivity contribution is -0.0498. The van der Waals surface area contributed by atoms with E-state index >= 15 is 0 Å². The first kappa shape index (κ1) is 20.5. The number of amides is 1. The van der Waals surface area contributed by atoms with Gasteiger partial charge in [-0.2, -0.15) is 8.78 Å². The Balaban J connectivity index is 1.61. The fourth-order valence-electron chi connectivity index (χ4n) is 3.36. The zero-order valence-electron chi connectivity index (χ0n) is 17.0. The van der Waals surface area contributed by atoms with Gasteiger partial charge in [-0.15, -0.1) is 0 Å². The van der Waals surface area contributed by atoms with E-state index in [1.165, 1.54) is 12.1 Å². The van der Waals surface area contributed by atoms with Gasteiger partial charge in [0.2, 0.25) is 0 Å². The Labute approximate surface area is 176 Å². The number of rotatable bonds is 6. The van der Waals surface area contributed by atoms with Crippen molar-refractivity contribution in [3.05, 3.63) is 64.7 Å². The Kier molecular flexibility index (Phi) is 5.41. The van der Waals surface area contributed by atoms with Crippen LogP contribution in [0, 0.1) is 20.8 Å². The standard InChI is InChI=1S/C22H19F2N3O4/c1-11-8-16(13(3)29-11)18-9-17(19-12(2)27-31-21(19)26-18)20(28)25-10-14-4-6-15(7-5-14)30-22(23)24/h4-9,22H,10H2,1-3H3,(H,25,28). The fourth-order valence-corrected chi connectivity index (χ4v) is 3.36. The van der Waals surface area contributed by atoms with Crippen LogP contribution in [0.2, 0.25) is 0 Å². The van der Waals surface area contributed by atoms with Crippen molar-refractivity contribution in [3.63, 3.8) is 0 Å². The monoisotopic (exact) mass is 427 g/mol. The van der Waals surface area contributed by atoms with Gasteiger partial charge in [-0.25, -0.2) is 4.98 Å². The Bertz CT molecular complexity index is 1250. The average molecular weight is 427 g/mol. The largest absolute Gasteiger partial charge is 0.466 e. The first-order valence-electron chi connectivity index (χ1n) is 9.48. The number of carbonyl (C=O) groups is 1. The molecule has 3 heterocycles. The quantitative estimate of drug-likeness (QED) is 0.469. The molecule has 0 spiro atoms. The van der Waals surface area contributed by atoms with Crippen molar-refractivity contribution in [2.45, 2.75) is 33.9 Å². The van der Waals surface area contributed by atoms with Crippen LogP contribution < -0.4 is 10.1 Å². The number of hydrogen-bond acceptors (Lipinski definition) is 6. The molecule has 0 fully saturated rings. The first-order valence-corrected chi connectivity index (χ1v) is 9.48. The lowest BCUT2D eigenvalue weighted by Gasteiger charge is -2.09. The number of furan rings is 1. The summed E-state index contributed by atoms with van der Waals surface area (Å²) in [4.78, 5) is 17.5. The molecule has 0 aliphatic rings. The van der Waals surface area contributed by atoms with Crippen LogP contribution in [-0.4, -0.2) is 22.7 Å². The number of aromatic nitrogens is 2. The molecule has 0 atom stereocenters. The van der Waals surface area contributed by atoms with Gasteiger partial charge < -0.3 is 19.0 Å². The number of benzene rings is 1. The predicted molar refractivity (Wildman–Crippen MR) is 108 cm³/mol. The maximum absolute atomic E-state index is 13.0. The smallest absolute Gasteiger partial charge is 0.387 e. The lowest BCUT2D eigenvalue weighted by Crippen LogP contribution is -2.23. The Hall–Kier alpha value is -3.75. The van der Waals surface area contributed by atoms with Crippen LogP contribution in [0.4, 0.5) is 8.78 Å². The van der Waals surface area contributed by atoms with Crippen LogP contribution >= 0.6 is 0 Å². The summed E-state index contributed by atoms with van der Waals surface area (Å²) < 4.78 is 39.8. The molecule has 31 heavy (non-hydrogen) atoms. The Morgan fingerprint density at radius 2 is 1.90 bits per heavy atom. The van der Waals surface area contributed by atoms with Crippen molar-refractivity contribution < 1.29 is 27.3 Å². The van der Waals surface area contributed by atoms with Gasteiger partial charge in [0.15, 0.2) is 0 Å². The molecule has 1 aromatic carbocycles. The number of pyridine rings is 1. The second-order valence-corrected chi connectivity index (χ2v) is 7.04. The lowest BCUT2D eigenvalue weighted by atomic mass is 10.1. The summed E-state index contributed by atoms with van der Waals surface area (Å²) >= 11 is 0. The van der Waals surface area contributed by atoms with E-state index in [-0.39, 0.29) is 23.9 Å². The highest BCUT2D eigenvalue weighted by molar-refractivity contribution is 6.07. The molecule has 4 aromatic rings. The van der Waals surface area contributed by atoms with E-state index in [1.807, 2.05) is 19.9 Å². The third-order valence-electron chi connectivity index (χ3n) is 4.78. The number of fused-ring (bicyclic) bond motifs is 1. The van der Waals surface area contributed by atoms with E-state index in [9.17, 15) is 13.6 Å². The topological polar surface area (TPSA) is 90.4 Å². The minimum Gasteiger partial charge on any atom is -0.466 e. The number of nitrogens with one attached hydrogen (secondary N) is 1. The van der Waals surface area contributed by atoms with Crippen LogP contribution in [0.25, 0.3) is 22.4 Å². The van der Waals surface area contributed by atoms with Crippen LogP contribution in [0.1, 0.15) is 33.1 Å². The highest BCUT2D eigenvalue weighted by Crippen LogP contribution is 2.30. The number of aryl methyl sites for hydroxylation is 3. The molecular formula is C22H19F2N3O4. The van der Waals surface area contributed by atoms with Crippen molar-refractivity contribution in [1.29, 1.82) is 0 Å². The van der Waals surface area contributed by atoms with Crippen molar-refractivity contribution >= 4 is 17.0 Å². The molecule has 0 saturated heterocycles. The molecular weight excluding hydrogens is 408 g/mol. The van der Waals surface area contributed by atoms with E-state index < -0.39 is 6.61 Å². The van der Waals surface area contributed by atoms with Crippen LogP contribution in [0.15, 0.2) is 45.3 Å². The summed E-state index contributed by atoms with van der Waals surface area (Å²) in [6, 6.07) is 9.58. The SMILES string of the molecule is Cc1cc(-c2cc(C(=O)NCc3ccc(OC(F)F)cc3)c3c(C)noc3n2)c(C)o1. The van der Waals surface area contributed by atoms with Gasteiger partial charge in [-0.05, 0) is 50.6 Å². The molecule has 7 nitrogen and oxygen atoms in total. The van der Waals surface area contributed by atoms with E-state index in [0.717, 1.165) is 16.9 Å². The second-order valence-electron chi connectivity index (χ2n) is 7.04. The summed E-state index contributed by atoms with van der Waals surface area (Å²) in [5.41, 5.74) is 3.20. The third kappa shape index (κ3) is 4.25. The molecule has 160 valence electrons. The molecule has 0 radical (unpaired) electrons. The van der Waals surface area contributed by atoms with Crippen LogP contribution in [-0.2, 0) is 6.54 Å². The van der Waals surface area contributed by atoms with E-state index in [2.05, 4.69) is 20.2 Å². The maximum Gasteiger partial charge on any atom is 0.387 e. The van der Waals surface area contributed by atoms with Gasteiger partial charge in [0.1, 0.15) is 17.3 Å². The normalized spacial score (nSPS) is 11.3. The number of carbonyl (C=O) groups excluding carboxylic acids is 1. The molecule has 1 amide bonds. The molecule has 0 aliphatic carbocycles. The molecule has 0 aliphatic heterocycles. The summed E-state index contributed by atoms with van der Waals surface area (Å²) in [7, 11) is 0. The summed E-state index contributed by atoms with van der Waals surface area (Å²) in [6.07, 6.45) is 0. The first-order chi connectivity index (χ1) is 14.8. The molecule has 0 saturated carbocycles. The highest BCUT2D eigenvalue weighted by Gasteiger charge is 2.21. The minimum atomic E-state index is -2.89. The zero-order valence-corrected chi connectivity index (χ0v) is 17.0. The number of ether oxygens (including phenoxy) is 1. The molecule has 9 heteroatoms. The minimum absolute atomic E-state index is 0.0523. The molecule has 0 unspecified atom stereocenters. The van der Waals surface area contributed by atoms with Gasteiger partial charge in [-0.1, -0.05) is 17.3 Å². The van der Waals surface area contributed by atoms with E-state index in [1.54, 1.807) is 25.1 Å². The maximum atomic E-state index is 13.0. The number of alkyl halides is 2. The average Bonchev–Trinajstić information content (AvgIpc) is 3.27.